The van der Waals surface area contributed by atoms with Crippen molar-refractivity contribution in [2.45, 2.75) is 13.8 Å². The zero-order chi connectivity index (χ0) is 14.6. The van der Waals surface area contributed by atoms with Crippen molar-refractivity contribution in [3.05, 3.63) is 24.0 Å². The van der Waals surface area contributed by atoms with E-state index in [0.29, 0.717) is 5.69 Å². The minimum atomic E-state index is -1.04. The van der Waals surface area contributed by atoms with Crippen molar-refractivity contribution in [3.63, 3.8) is 0 Å². The highest BCUT2D eigenvalue weighted by atomic mass is 19.1. The highest BCUT2D eigenvalue weighted by Gasteiger charge is 2.25. The molecule has 0 aliphatic carbocycles. The second-order valence-corrected chi connectivity index (χ2v) is 4.25. The summed E-state index contributed by atoms with van der Waals surface area (Å²) in [6.45, 7) is 2.98. The van der Waals surface area contributed by atoms with Gasteiger partial charge in [0.2, 0.25) is 5.91 Å². The summed E-state index contributed by atoms with van der Waals surface area (Å²) in [5.74, 6) is -3.51. The molecule has 0 fully saturated rings. The van der Waals surface area contributed by atoms with E-state index in [4.69, 9.17) is 9.84 Å². The quantitative estimate of drug-likeness (QED) is 0.858. The van der Waals surface area contributed by atoms with Crippen LogP contribution in [0.25, 0.3) is 0 Å². The third kappa shape index (κ3) is 3.67. The third-order valence-corrected chi connectivity index (χ3v) is 2.97. The molecule has 2 atom stereocenters. The first-order chi connectivity index (χ1) is 8.86. The van der Waals surface area contributed by atoms with E-state index in [0.717, 1.165) is 0 Å². The third-order valence-electron chi connectivity index (χ3n) is 2.97. The first-order valence-corrected chi connectivity index (χ1v) is 5.74. The van der Waals surface area contributed by atoms with Crippen LogP contribution in [0.15, 0.2) is 18.2 Å². The van der Waals surface area contributed by atoms with Gasteiger partial charge in [0.05, 0.1) is 13.0 Å². The van der Waals surface area contributed by atoms with Crippen molar-refractivity contribution >= 4 is 17.6 Å². The van der Waals surface area contributed by atoms with Crippen LogP contribution in [0, 0.1) is 17.7 Å². The monoisotopic (exact) mass is 269 g/mol. The molecule has 0 saturated carbocycles. The van der Waals surface area contributed by atoms with Gasteiger partial charge in [0.1, 0.15) is 0 Å². The molecule has 0 aliphatic heterocycles. The molecule has 0 heterocycles. The number of carbonyl (C=O) groups excluding carboxylic acids is 1. The van der Waals surface area contributed by atoms with E-state index in [9.17, 15) is 14.0 Å². The van der Waals surface area contributed by atoms with E-state index >= 15 is 0 Å². The Morgan fingerprint density at radius 3 is 2.47 bits per heavy atom. The van der Waals surface area contributed by atoms with Crippen molar-refractivity contribution in [1.82, 2.24) is 0 Å². The molecule has 0 aliphatic rings. The Hall–Kier alpha value is -2.11. The predicted molar refractivity (Wildman–Crippen MR) is 67.5 cm³/mol. The summed E-state index contributed by atoms with van der Waals surface area (Å²) < 4.78 is 18.0. The van der Waals surface area contributed by atoms with Crippen LogP contribution in [0.5, 0.6) is 5.75 Å². The summed E-state index contributed by atoms with van der Waals surface area (Å²) in [5.41, 5.74) is 0.354. The number of hydrogen-bond donors (Lipinski definition) is 2. The number of methoxy groups -OCH3 is 1. The van der Waals surface area contributed by atoms with Crippen LogP contribution in [0.2, 0.25) is 0 Å². The van der Waals surface area contributed by atoms with E-state index < -0.39 is 29.5 Å². The summed E-state index contributed by atoms with van der Waals surface area (Å²) in [6, 6.07) is 3.89. The Morgan fingerprint density at radius 2 is 1.95 bits per heavy atom. The summed E-state index contributed by atoms with van der Waals surface area (Å²) in [7, 11) is 1.32. The molecule has 2 unspecified atom stereocenters. The van der Waals surface area contributed by atoms with Gasteiger partial charge in [-0.2, -0.15) is 0 Å². The zero-order valence-corrected chi connectivity index (χ0v) is 10.9. The van der Waals surface area contributed by atoms with Gasteiger partial charge in [0.25, 0.3) is 0 Å². The average molecular weight is 269 g/mol. The molecular formula is C13H16FNO4. The van der Waals surface area contributed by atoms with Gasteiger partial charge in [-0.05, 0) is 12.1 Å². The minimum Gasteiger partial charge on any atom is -0.494 e. The molecule has 0 spiro atoms. The fourth-order valence-corrected chi connectivity index (χ4v) is 1.43. The maximum absolute atomic E-state index is 13.2. The van der Waals surface area contributed by atoms with Crippen molar-refractivity contribution < 1.29 is 23.8 Å². The topological polar surface area (TPSA) is 75.6 Å². The van der Waals surface area contributed by atoms with Gasteiger partial charge in [0.15, 0.2) is 11.6 Å². The maximum Gasteiger partial charge on any atom is 0.307 e. The van der Waals surface area contributed by atoms with Crippen LogP contribution in [-0.4, -0.2) is 24.1 Å². The van der Waals surface area contributed by atoms with Crippen LogP contribution >= 0.6 is 0 Å². The van der Waals surface area contributed by atoms with Gasteiger partial charge in [-0.1, -0.05) is 13.8 Å². The van der Waals surface area contributed by atoms with Crippen molar-refractivity contribution in [2.75, 3.05) is 12.4 Å². The Bertz CT molecular complexity index is 490. The summed E-state index contributed by atoms with van der Waals surface area (Å²) in [6.07, 6.45) is 0. The predicted octanol–water partition coefficient (Wildman–Crippen LogP) is 2.13. The largest absolute Gasteiger partial charge is 0.494 e. The van der Waals surface area contributed by atoms with E-state index in [-0.39, 0.29) is 5.75 Å². The second kappa shape index (κ2) is 6.17. The maximum atomic E-state index is 13.2. The summed E-state index contributed by atoms with van der Waals surface area (Å²) in [4.78, 5) is 22.6. The number of aliphatic carboxylic acids is 1. The standard InChI is InChI=1S/C13H16FNO4/c1-7(8(2)13(17)18)12(16)15-9-4-5-10(14)11(6-9)19-3/h4-8H,1-3H3,(H,15,16)(H,17,18). The molecule has 1 aromatic rings. The van der Waals surface area contributed by atoms with Crippen LogP contribution in [-0.2, 0) is 9.59 Å². The number of carboxylic acids is 1. The second-order valence-electron chi connectivity index (χ2n) is 4.25. The fraction of sp³-hybridized carbons (Fsp3) is 0.385. The number of carboxylic acid groups (broad SMARTS) is 1. The Balaban J connectivity index is 2.79. The first-order valence-electron chi connectivity index (χ1n) is 5.74. The normalized spacial score (nSPS) is 13.5. The molecule has 1 amide bonds. The number of carbonyl (C=O) groups is 2. The van der Waals surface area contributed by atoms with Gasteiger partial charge < -0.3 is 15.2 Å². The molecule has 6 heteroatoms. The van der Waals surface area contributed by atoms with Crippen molar-refractivity contribution in [1.29, 1.82) is 0 Å². The number of ether oxygens (including phenoxy) is 1. The van der Waals surface area contributed by atoms with Crippen molar-refractivity contribution in [3.8, 4) is 5.75 Å². The van der Waals surface area contributed by atoms with Gasteiger partial charge in [0, 0.05) is 17.7 Å². The molecule has 0 saturated heterocycles. The van der Waals surface area contributed by atoms with Crippen LogP contribution in [0.4, 0.5) is 10.1 Å². The number of benzene rings is 1. The highest BCUT2D eigenvalue weighted by molar-refractivity contribution is 5.94. The van der Waals surface area contributed by atoms with E-state index in [1.807, 2.05) is 0 Å². The molecule has 5 nitrogen and oxygen atoms in total. The zero-order valence-electron chi connectivity index (χ0n) is 10.9. The first kappa shape index (κ1) is 14.9. The molecule has 0 aromatic heterocycles. The molecule has 1 aromatic carbocycles. The van der Waals surface area contributed by atoms with Crippen LogP contribution < -0.4 is 10.1 Å². The number of amides is 1. The molecule has 19 heavy (non-hydrogen) atoms. The lowest BCUT2D eigenvalue weighted by Gasteiger charge is -2.16. The lowest BCUT2D eigenvalue weighted by molar-refractivity contribution is -0.145. The molecule has 0 bridgehead atoms. The number of anilines is 1. The Labute approximate surface area is 110 Å². The SMILES string of the molecule is COc1cc(NC(=O)C(C)C(C)C(=O)O)ccc1F. The van der Waals surface area contributed by atoms with Crippen LogP contribution in [0.1, 0.15) is 13.8 Å². The lowest BCUT2D eigenvalue weighted by atomic mass is 9.95. The highest BCUT2D eigenvalue weighted by Crippen LogP contribution is 2.22. The van der Waals surface area contributed by atoms with Gasteiger partial charge in [-0.15, -0.1) is 0 Å². The fourth-order valence-electron chi connectivity index (χ4n) is 1.43. The van der Waals surface area contributed by atoms with Crippen molar-refractivity contribution in [2.24, 2.45) is 11.8 Å². The summed E-state index contributed by atoms with van der Waals surface area (Å²) >= 11 is 0. The molecule has 1 rings (SSSR count). The number of nitrogens with one attached hydrogen (secondary N) is 1. The van der Waals surface area contributed by atoms with E-state index in [1.165, 1.54) is 39.2 Å². The Kier molecular flexibility index (Phi) is 4.86. The smallest absolute Gasteiger partial charge is 0.307 e. The average Bonchev–Trinajstić information content (AvgIpc) is 2.38. The summed E-state index contributed by atoms with van der Waals surface area (Å²) in [5, 5.41) is 11.4. The van der Waals surface area contributed by atoms with Gasteiger partial charge in [-0.3, -0.25) is 9.59 Å². The molecule has 0 radical (unpaired) electrons. The number of halogens is 1. The number of hydrogen-bond acceptors (Lipinski definition) is 3. The van der Waals surface area contributed by atoms with E-state index in [1.54, 1.807) is 0 Å². The van der Waals surface area contributed by atoms with Gasteiger partial charge in [-0.25, -0.2) is 4.39 Å². The van der Waals surface area contributed by atoms with Gasteiger partial charge >= 0.3 is 5.97 Å². The number of rotatable bonds is 5. The van der Waals surface area contributed by atoms with Crippen LogP contribution in [0.3, 0.4) is 0 Å². The van der Waals surface area contributed by atoms with E-state index in [2.05, 4.69) is 5.32 Å². The lowest BCUT2D eigenvalue weighted by Crippen LogP contribution is -2.29. The molecule has 104 valence electrons. The molecule has 2 N–H and O–H groups in total. The minimum absolute atomic E-state index is 0.0109. The Morgan fingerprint density at radius 1 is 1.32 bits per heavy atom. The molecular weight excluding hydrogens is 253 g/mol.